The van der Waals surface area contributed by atoms with Crippen molar-refractivity contribution >= 4 is 11.8 Å². The van der Waals surface area contributed by atoms with Crippen molar-refractivity contribution in [3.63, 3.8) is 0 Å². The zero-order valence-electron chi connectivity index (χ0n) is 9.45. The van der Waals surface area contributed by atoms with Gasteiger partial charge in [-0.05, 0) is 12.1 Å². The van der Waals surface area contributed by atoms with E-state index >= 15 is 0 Å². The first-order chi connectivity index (χ1) is 8.46. The number of imide groups is 1. The molecule has 0 bridgehead atoms. The molecule has 1 heterocycles. The lowest BCUT2D eigenvalue weighted by atomic mass is 10.1. The molecule has 1 aliphatic rings. The van der Waals surface area contributed by atoms with Crippen LogP contribution in [0, 0.1) is 7.05 Å². The molecule has 0 atom stereocenters. The number of rotatable bonds is 4. The van der Waals surface area contributed by atoms with Crippen LogP contribution in [0.3, 0.4) is 0 Å². The van der Waals surface area contributed by atoms with Gasteiger partial charge in [0, 0.05) is 7.05 Å². The largest absolute Gasteiger partial charge is 0.310 e. The van der Waals surface area contributed by atoms with Crippen molar-refractivity contribution in [2.24, 2.45) is 0 Å². The summed E-state index contributed by atoms with van der Waals surface area (Å²) in [7, 11) is 3.10. The summed E-state index contributed by atoms with van der Waals surface area (Å²) >= 11 is 0. The SMILES string of the molecule is [CH2]NCC(F)(F)CN1C(=O)c2ccccc2C1=O. The number of carbonyl (C=O) groups excluding carboxylic acids is 2. The van der Waals surface area contributed by atoms with Crippen molar-refractivity contribution in [2.75, 3.05) is 13.1 Å². The van der Waals surface area contributed by atoms with Crippen LogP contribution in [0.2, 0.25) is 0 Å². The van der Waals surface area contributed by atoms with Crippen LogP contribution in [0.25, 0.3) is 0 Å². The van der Waals surface area contributed by atoms with E-state index in [0.717, 1.165) is 0 Å². The first kappa shape index (κ1) is 12.6. The Morgan fingerprint density at radius 3 is 2.11 bits per heavy atom. The first-order valence-corrected chi connectivity index (χ1v) is 5.29. The van der Waals surface area contributed by atoms with Gasteiger partial charge in [-0.3, -0.25) is 14.5 Å². The maximum absolute atomic E-state index is 13.4. The van der Waals surface area contributed by atoms with Gasteiger partial charge in [-0.2, -0.15) is 0 Å². The van der Waals surface area contributed by atoms with Crippen molar-refractivity contribution in [1.29, 1.82) is 0 Å². The fourth-order valence-corrected chi connectivity index (χ4v) is 1.85. The number of hydrogen-bond donors (Lipinski definition) is 1. The third-order valence-electron chi connectivity index (χ3n) is 2.65. The van der Waals surface area contributed by atoms with Crippen LogP contribution < -0.4 is 5.32 Å². The molecule has 0 saturated heterocycles. The number of nitrogens with one attached hydrogen (secondary N) is 1. The second kappa shape index (κ2) is 4.45. The zero-order chi connectivity index (χ0) is 13.3. The molecule has 2 rings (SSSR count). The van der Waals surface area contributed by atoms with E-state index in [1.54, 1.807) is 12.1 Å². The Balaban J connectivity index is 2.24. The van der Waals surface area contributed by atoms with Crippen molar-refractivity contribution in [1.82, 2.24) is 10.2 Å². The van der Waals surface area contributed by atoms with E-state index in [-0.39, 0.29) is 11.1 Å². The molecule has 1 aliphatic heterocycles. The first-order valence-electron chi connectivity index (χ1n) is 5.29. The highest BCUT2D eigenvalue weighted by Gasteiger charge is 2.41. The summed E-state index contributed by atoms with van der Waals surface area (Å²) in [6.07, 6.45) is 0. The molecule has 2 amide bonds. The number of hydrogen-bond acceptors (Lipinski definition) is 3. The lowest BCUT2D eigenvalue weighted by Gasteiger charge is -2.21. The maximum atomic E-state index is 13.4. The van der Waals surface area contributed by atoms with E-state index in [1.165, 1.54) is 12.1 Å². The van der Waals surface area contributed by atoms with E-state index in [4.69, 9.17) is 0 Å². The Morgan fingerprint density at radius 2 is 1.67 bits per heavy atom. The van der Waals surface area contributed by atoms with Crippen molar-refractivity contribution < 1.29 is 18.4 Å². The molecule has 1 aromatic carbocycles. The fraction of sp³-hybridized carbons (Fsp3) is 0.250. The minimum atomic E-state index is -3.20. The molecule has 0 aliphatic carbocycles. The average molecular weight is 253 g/mol. The average Bonchev–Trinajstić information content (AvgIpc) is 2.55. The summed E-state index contributed by atoms with van der Waals surface area (Å²) in [5, 5.41) is 2.08. The van der Waals surface area contributed by atoms with Crippen LogP contribution in [0.4, 0.5) is 8.78 Å². The summed E-state index contributed by atoms with van der Waals surface area (Å²) in [4.78, 5) is 24.2. The summed E-state index contributed by atoms with van der Waals surface area (Å²) in [6.45, 7) is -1.64. The predicted octanol–water partition coefficient (Wildman–Crippen LogP) is 1.30. The number of benzene rings is 1. The lowest BCUT2D eigenvalue weighted by molar-refractivity contribution is -0.0190. The third-order valence-corrected chi connectivity index (χ3v) is 2.65. The Kier molecular flexibility index (Phi) is 3.13. The van der Waals surface area contributed by atoms with Crippen LogP contribution in [0.1, 0.15) is 20.7 Å². The van der Waals surface area contributed by atoms with Crippen LogP contribution in [0.5, 0.6) is 0 Å². The van der Waals surface area contributed by atoms with Crippen LogP contribution in [-0.4, -0.2) is 35.7 Å². The number of alkyl halides is 2. The van der Waals surface area contributed by atoms with Gasteiger partial charge in [0.2, 0.25) is 0 Å². The van der Waals surface area contributed by atoms with Gasteiger partial charge in [0.1, 0.15) is 0 Å². The number of carbonyl (C=O) groups is 2. The Labute approximate surface area is 103 Å². The molecule has 4 nitrogen and oxygen atoms in total. The minimum absolute atomic E-state index is 0.167. The summed E-state index contributed by atoms with van der Waals surface area (Å²) in [5.74, 6) is -4.56. The molecule has 18 heavy (non-hydrogen) atoms. The highest BCUT2D eigenvalue weighted by atomic mass is 19.3. The van der Waals surface area contributed by atoms with Gasteiger partial charge in [0.25, 0.3) is 17.7 Å². The molecule has 1 aromatic rings. The van der Waals surface area contributed by atoms with Gasteiger partial charge in [-0.1, -0.05) is 12.1 Å². The Hall–Kier alpha value is -1.82. The quantitative estimate of drug-likeness (QED) is 0.823. The highest BCUT2D eigenvalue weighted by molar-refractivity contribution is 6.21. The predicted molar refractivity (Wildman–Crippen MR) is 60.1 cm³/mol. The lowest BCUT2D eigenvalue weighted by Crippen LogP contribution is -2.44. The normalized spacial score (nSPS) is 15.2. The summed E-state index contributed by atoms with van der Waals surface area (Å²) in [5.41, 5.74) is 0.335. The van der Waals surface area contributed by atoms with Gasteiger partial charge in [-0.15, -0.1) is 0 Å². The highest BCUT2D eigenvalue weighted by Crippen LogP contribution is 2.25. The van der Waals surface area contributed by atoms with Crippen molar-refractivity contribution in [2.45, 2.75) is 5.92 Å². The number of amides is 2. The number of fused-ring (bicyclic) bond motifs is 1. The van der Waals surface area contributed by atoms with Gasteiger partial charge < -0.3 is 5.32 Å². The molecule has 0 unspecified atom stereocenters. The van der Waals surface area contributed by atoms with Gasteiger partial charge in [0.05, 0.1) is 24.2 Å². The molecule has 95 valence electrons. The molecule has 1 N–H and O–H groups in total. The molecule has 0 spiro atoms. The monoisotopic (exact) mass is 253 g/mol. The summed E-state index contributed by atoms with van der Waals surface area (Å²) in [6, 6.07) is 6.08. The van der Waals surface area contributed by atoms with E-state index in [2.05, 4.69) is 12.4 Å². The number of nitrogens with zero attached hydrogens (tertiary/aromatic N) is 1. The minimum Gasteiger partial charge on any atom is -0.310 e. The molecule has 1 radical (unpaired) electrons. The van der Waals surface area contributed by atoms with E-state index < -0.39 is 30.8 Å². The maximum Gasteiger partial charge on any atom is 0.278 e. The molecule has 0 fully saturated rings. The molecular weight excluding hydrogens is 242 g/mol. The van der Waals surface area contributed by atoms with Crippen LogP contribution in [-0.2, 0) is 0 Å². The van der Waals surface area contributed by atoms with Gasteiger partial charge in [-0.25, -0.2) is 8.78 Å². The second-order valence-corrected chi connectivity index (χ2v) is 4.02. The fourth-order valence-electron chi connectivity index (χ4n) is 1.85. The van der Waals surface area contributed by atoms with Crippen LogP contribution >= 0.6 is 0 Å². The zero-order valence-corrected chi connectivity index (χ0v) is 9.45. The van der Waals surface area contributed by atoms with Crippen molar-refractivity contribution in [3.8, 4) is 0 Å². The van der Waals surface area contributed by atoms with E-state index in [0.29, 0.717) is 4.90 Å². The molecule has 0 aromatic heterocycles. The Morgan fingerprint density at radius 1 is 1.17 bits per heavy atom. The van der Waals surface area contributed by atoms with Gasteiger partial charge >= 0.3 is 0 Å². The number of halogens is 2. The van der Waals surface area contributed by atoms with Crippen LogP contribution in [0.15, 0.2) is 24.3 Å². The third kappa shape index (κ3) is 2.11. The molecule has 0 saturated carbocycles. The van der Waals surface area contributed by atoms with Crippen molar-refractivity contribution in [3.05, 3.63) is 42.4 Å². The molecule has 6 heteroatoms. The summed E-state index contributed by atoms with van der Waals surface area (Å²) < 4.78 is 26.8. The van der Waals surface area contributed by atoms with Gasteiger partial charge in [0.15, 0.2) is 0 Å². The second-order valence-electron chi connectivity index (χ2n) is 4.02. The van der Waals surface area contributed by atoms with E-state index in [9.17, 15) is 18.4 Å². The van der Waals surface area contributed by atoms with E-state index in [1.807, 2.05) is 0 Å². The smallest absolute Gasteiger partial charge is 0.278 e. The Bertz CT molecular complexity index is 468. The standard InChI is InChI=1S/C12H11F2N2O2/c1-15-6-12(13,14)7-16-10(17)8-4-2-3-5-9(8)11(16)18/h2-5,15H,1,6-7H2. The topological polar surface area (TPSA) is 49.4 Å². The molecular formula is C12H11F2N2O2.